The van der Waals surface area contributed by atoms with Crippen molar-refractivity contribution in [2.24, 2.45) is 0 Å². The monoisotopic (exact) mass is 475 g/mol. The average molecular weight is 476 g/mol. The van der Waals surface area contributed by atoms with Crippen LogP contribution in [0.4, 0.5) is 4.79 Å². The molecule has 6 heteroatoms. The summed E-state index contributed by atoms with van der Waals surface area (Å²) in [6.45, 7) is 4.50. The molecule has 34 heavy (non-hydrogen) atoms. The zero-order valence-electron chi connectivity index (χ0n) is 22.0. The second-order valence-electron chi connectivity index (χ2n) is 9.46. The molecule has 0 saturated heterocycles. The lowest BCUT2D eigenvalue weighted by Gasteiger charge is -2.12. The van der Waals surface area contributed by atoms with Gasteiger partial charge in [-0.05, 0) is 39.5 Å². The fourth-order valence-electron chi connectivity index (χ4n) is 3.91. The molecule has 0 fully saturated rings. The third-order valence-electron chi connectivity index (χ3n) is 5.99. The van der Waals surface area contributed by atoms with Crippen molar-refractivity contribution >= 4 is 12.0 Å². The van der Waals surface area contributed by atoms with Crippen molar-refractivity contribution in [1.82, 2.24) is 15.5 Å². The van der Waals surface area contributed by atoms with E-state index in [-0.39, 0.29) is 12.5 Å². The molecule has 0 radical (unpaired) electrons. The highest BCUT2D eigenvalue weighted by molar-refractivity contribution is 5.95. The van der Waals surface area contributed by atoms with E-state index in [4.69, 9.17) is 4.74 Å². The molecular weight excluding hydrogens is 426 g/mol. The molecule has 0 aliphatic heterocycles. The van der Waals surface area contributed by atoms with Crippen LogP contribution in [-0.4, -0.2) is 50.6 Å². The summed E-state index contributed by atoms with van der Waals surface area (Å²) in [4.78, 5) is 26.6. The predicted octanol–water partition coefficient (Wildman–Crippen LogP) is 6.30. The van der Waals surface area contributed by atoms with Crippen molar-refractivity contribution in [3.63, 3.8) is 0 Å². The Morgan fingerprint density at radius 1 is 0.765 bits per heavy atom. The summed E-state index contributed by atoms with van der Waals surface area (Å²) in [5.74, 6) is -0.103. The molecule has 0 aliphatic carbocycles. The van der Waals surface area contributed by atoms with Gasteiger partial charge in [0, 0.05) is 24.2 Å². The summed E-state index contributed by atoms with van der Waals surface area (Å²) in [5, 5.41) is 5.76. The van der Waals surface area contributed by atoms with Gasteiger partial charge >= 0.3 is 6.09 Å². The molecule has 0 unspecified atom stereocenters. The first-order valence-corrected chi connectivity index (χ1v) is 13.5. The first kappa shape index (κ1) is 30.0. The van der Waals surface area contributed by atoms with Crippen LogP contribution in [0, 0.1) is 0 Å². The fraction of sp³-hybridized carbons (Fsp3) is 0.714. The standard InChI is InChI=1S/C28H49N3O3/c1-4-5-6-7-8-9-10-11-12-13-14-17-21-29-27(32)26-20-16-15-19-25(26)24-34-28(33)30-22-18-23-31(2)3/h15-16,19-20H,4-14,17-18,21-24H2,1-3H3,(H,29,32)(H,30,33). The van der Waals surface area contributed by atoms with E-state index in [1.807, 2.05) is 32.3 Å². The Bertz CT molecular complexity index is 664. The van der Waals surface area contributed by atoms with Crippen LogP contribution >= 0.6 is 0 Å². The van der Waals surface area contributed by atoms with E-state index in [2.05, 4.69) is 22.5 Å². The van der Waals surface area contributed by atoms with Crippen molar-refractivity contribution in [1.29, 1.82) is 0 Å². The van der Waals surface area contributed by atoms with Crippen molar-refractivity contribution in [3.05, 3.63) is 35.4 Å². The summed E-state index contributed by atoms with van der Waals surface area (Å²) in [6.07, 6.45) is 16.0. The van der Waals surface area contributed by atoms with Crippen LogP contribution in [0.3, 0.4) is 0 Å². The third kappa shape index (κ3) is 15.7. The molecule has 0 bridgehead atoms. The number of carbonyl (C=O) groups excluding carboxylic acids is 2. The van der Waals surface area contributed by atoms with Crippen LogP contribution in [0.15, 0.2) is 24.3 Å². The van der Waals surface area contributed by atoms with Gasteiger partial charge in [0.1, 0.15) is 6.61 Å². The first-order valence-electron chi connectivity index (χ1n) is 13.5. The van der Waals surface area contributed by atoms with Crippen molar-refractivity contribution < 1.29 is 14.3 Å². The minimum atomic E-state index is -0.453. The van der Waals surface area contributed by atoms with Crippen LogP contribution in [-0.2, 0) is 11.3 Å². The molecule has 1 rings (SSSR count). The molecule has 0 aromatic heterocycles. The molecular formula is C28H49N3O3. The SMILES string of the molecule is CCCCCCCCCCCCCCNC(=O)c1ccccc1COC(=O)NCCCN(C)C. The molecule has 0 spiro atoms. The Hall–Kier alpha value is -2.08. The zero-order valence-corrected chi connectivity index (χ0v) is 22.0. The summed E-state index contributed by atoms with van der Waals surface area (Å²) >= 11 is 0. The van der Waals surface area contributed by atoms with Crippen LogP contribution < -0.4 is 10.6 Å². The Labute approximate surface area is 208 Å². The van der Waals surface area contributed by atoms with Gasteiger partial charge in [-0.25, -0.2) is 4.79 Å². The lowest BCUT2D eigenvalue weighted by molar-refractivity contribution is 0.0946. The molecule has 6 nitrogen and oxygen atoms in total. The second kappa shape index (κ2) is 20.3. The molecule has 0 saturated carbocycles. The van der Waals surface area contributed by atoms with Gasteiger partial charge < -0.3 is 20.3 Å². The van der Waals surface area contributed by atoms with Gasteiger partial charge in [-0.3, -0.25) is 4.79 Å². The van der Waals surface area contributed by atoms with Crippen LogP contribution in [0.25, 0.3) is 0 Å². The number of alkyl carbamates (subject to hydrolysis) is 1. The highest BCUT2D eigenvalue weighted by Gasteiger charge is 2.12. The van der Waals surface area contributed by atoms with Gasteiger partial charge in [0.15, 0.2) is 0 Å². The molecule has 0 heterocycles. The smallest absolute Gasteiger partial charge is 0.407 e. The van der Waals surface area contributed by atoms with E-state index >= 15 is 0 Å². The maximum absolute atomic E-state index is 12.6. The molecule has 194 valence electrons. The molecule has 2 amide bonds. The zero-order chi connectivity index (χ0) is 24.9. The maximum atomic E-state index is 12.6. The van der Waals surface area contributed by atoms with E-state index in [1.54, 1.807) is 6.07 Å². The summed E-state index contributed by atoms with van der Waals surface area (Å²) in [6, 6.07) is 7.31. The molecule has 2 N–H and O–H groups in total. The Morgan fingerprint density at radius 2 is 1.32 bits per heavy atom. The largest absolute Gasteiger partial charge is 0.445 e. The molecule has 0 atom stereocenters. The van der Waals surface area contributed by atoms with Crippen molar-refractivity contribution in [2.75, 3.05) is 33.7 Å². The number of benzene rings is 1. The van der Waals surface area contributed by atoms with E-state index in [9.17, 15) is 9.59 Å². The fourth-order valence-corrected chi connectivity index (χ4v) is 3.91. The minimum Gasteiger partial charge on any atom is -0.445 e. The maximum Gasteiger partial charge on any atom is 0.407 e. The van der Waals surface area contributed by atoms with E-state index < -0.39 is 6.09 Å². The highest BCUT2D eigenvalue weighted by atomic mass is 16.5. The Morgan fingerprint density at radius 3 is 1.94 bits per heavy atom. The van der Waals surface area contributed by atoms with E-state index in [0.29, 0.717) is 18.7 Å². The number of hydrogen-bond donors (Lipinski definition) is 2. The van der Waals surface area contributed by atoms with Crippen molar-refractivity contribution in [2.45, 2.75) is 97.0 Å². The predicted molar refractivity (Wildman–Crippen MR) is 141 cm³/mol. The van der Waals surface area contributed by atoms with Gasteiger partial charge in [-0.2, -0.15) is 0 Å². The quantitative estimate of drug-likeness (QED) is 0.217. The lowest BCUT2D eigenvalue weighted by atomic mass is 10.1. The van der Waals surface area contributed by atoms with E-state index in [0.717, 1.165) is 31.4 Å². The number of hydrogen-bond acceptors (Lipinski definition) is 4. The summed E-state index contributed by atoms with van der Waals surface area (Å²) in [5.41, 5.74) is 1.29. The molecule has 1 aromatic rings. The highest BCUT2D eigenvalue weighted by Crippen LogP contribution is 2.13. The third-order valence-corrected chi connectivity index (χ3v) is 5.99. The van der Waals surface area contributed by atoms with Gasteiger partial charge in [-0.15, -0.1) is 0 Å². The molecule has 1 aromatic carbocycles. The van der Waals surface area contributed by atoms with Crippen molar-refractivity contribution in [3.8, 4) is 0 Å². The Kier molecular flexibility index (Phi) is 17.9. The van der Waals surface area contributed by atoms with Gasteiger partial charge in [-0.1, -0.05) is 95.8 Å². The van der Waals surface area contributed by atoms with Crippen LogP contribution in [0.1, 0.15) is 106 Å². The van der Waals surface area contributed by atoms with E-state index in [1.165, 1.54) is 64.2 Å². The van der Waals surface area contributed by atoms with Crippen LogP contribution in [0.5, 0.6) is 0 Å². The van der Waals surface area contributed by atoms with Gasteiger partial charge in [0.25, 0.3) is 5.91 Å². The number of rotatable bonds is 20. The molecule has 0 aliphatic rings. The van der Waals surface area contributed by atoms with Gasteiger partial charge in [0.05, 0.1) is 0 Å². The normalized spacial score (nSPS) is 10.9. The lowest BCUT2D eigenvalue weighted by Crippen LogP contribution is -2.28. The summed E-state index contributed by atoms with van der Waals surface area (Å²) in [7, 11) is 4.00. The number of ether oxygens (including phenoxy) is 1. The average Bonchev–Trinajstić information content (AvgIpc) is 2.83. The van der Waals surface area contributed by atoms with Gasteiger partial charge in [0.2, 0.25) is 0 Å². The first-order chi connectivity index (χ1) is 16.5. The number of unbranched alkanes of at least 4 members (excludes halogenated alkanes) is 11. The Balaban J connectivity index is 2.15. The van der Waals surface area contributed by atoms with Crippen LogP contribution in [0.2, 0.25) is 0 Å². The minimum absolute atomic E-state index is 0.0850. The summed E-state index contributed by atoms with van der Waals surface area (Å²) < 4.78 is 5.30. The number of nitrogens with zero attached hydrogens (tertiary/aromatic N) is 1. The number of nitrogens with one attached hydrogen (secondary N) is 2. The number of amides is 2. The second-order valence-corrected chi connectivity index (χ2v) is 9.46. The topological polar surface area (TPSA) is 70.7 Å². The number of carbonyl (C=O) groups is 2.